The molecule has 0 saturated carbocycles. The van der Waals surface area contributed by atoms with E-state index in [1.807, 2.05) is 30.3 Å². The molecule has 23 heavy (non-hydrogen) atoms. The molecule has 0 unspecified atom stereocenters. The van der Waals surface area contributed by atoms with E-state index >= 15 is 0 Å². The maximum Gasteiger partial charge on any atom is 0.326 e. The second-order valence-corrected chi connectivity index (χ2v) is 5.14. The predicted octanol–water partition coefficient (Wildman–Crippen LogP) is 0.915. The number of hydrogen-bond donors (Lipinski definition) is 1. The quantitative estimate of drug-likeness (QED) is 0.852. The first-order chi connectivity index (χ1) is 11.1. The summed E-state index contributed by atoms with van der Waals surface area (Å²) < 4.78 is 6.33. The fourth-order valence-corrected chi connectivity index (χ4v) is 2.45. The zero-order valence-electron chi connectivity index (χ0n) is 13.0. The molecule has 3 rings (SSSR count). The Morgan fingerprint density at radius 1 is 1.39 bits per heavy atom. The highest BCUT2D eigenvalue weighted by atomic mass is 16.5. The Morgan fingerprint density at radius 2 is 2.17 bits per heavy atom. The van der Waals surface area contributed by atoms with Gasteiger partial charge in [-0.25, -0.2) is 9.98 Å². The van der Waals surface area contributed by atoms with Gasteiger partial charge in [-0.3, -0.25) is 9.36 Å². The molecule has 0 atom stereocenters. The maximum atomic E-state index is 11.6. The SMILES string of the molecule is CCOC(=O)Cn1c(C)nc(C=C2C=c3ccccc3=N2)c1O. The second kappa shape index (κ2) is 6.08. The molecule has 0 bridgehead atoms. The molecule has 1 aliphatic heterocycles. The highest BCUT2D eigenvalue weighted by Crippen LogP contribution is 2.22. The number of aromatic nitrogens is 2. The molecule has 1 aromatic heterocycles. The first-order valence-corrected chi connectivity index (χ1v) is 7.37. The molecule has 0 radical (unpaired) electrons. The predicted molar refractivity (Wildman–Crippen MR) is 84.9 cm³/mol. The minimum absolute atomic E-state index is 0.0667. The summed E-state index contributed by atoms with van der Waals surface area (Å²) in [5, 5.41) is 12.2. The molecular formula is C17H17N3O3. The number of hydrogen-bond acceptors (Lipinski definition) is 5. The summed E-state index contributed by atoms with van der Waals surface area (Å²) in [4.78, 5) is 20.4. The lowest BCUT2D eigenvalue weighted by molar-refractivity contribution is -0.143. The van der Waals surface area contributed by atoms with Gasteiger partial charge in [0, 0.05) is 5.22 Å². The van der Waals surface area contributed by atoms with E-state index < -0.39 is 5.97 Å². The lowest BCUT2D eigenvalue weighted by Gasteiger charge is -2.05. The Labute approximate surface area is 133 Å². The van der Waals surface area contributed by atoms with E-state index in [1.165, 1.54) is 4.57 Å². The number of aromatic hydroxyl groups is 1. The minimum Gasteiger partial charge on any atom is -0.493 e. The summed E-state index contributed by atoms with van der Waals surface area (Å²) in [6.45, 7) is 3.70. The molecule has 0 spiro atoms. The Morgan fingerprint density at radius 3 is 2.91 bits per heavy atom. The summed E-state index contributed by atoms with van der Waals surface area (Å²) in [6.07, 6.45) is 3.62. The number of para-hydroxylation sites is 1. The van der Waals surface area contributed by atoms with Gasteiger partial charge >= 0.3 is 5.97 Å². The van der Waals surface area contributed by atoms with E-state index in [0.29, 0.717) is 23.8 Å². The molecule has 1 aromatic carbocycles. The van der Waals surface area contributed by atoms with Crippen LogP contribution in [0.25, 0.3) is 12.2 Å². The van der Waals surface area contributed by atoms with Gasteiger partial charge in [0.2, 0.25) is 5.88 Å². The fourth-order valence-electron chi connectivity index (χ4n) is 2.45. The van der Waals surface area contributed by atoms with E-state index in [2.05, 4.69) is 9.98 Å². The summed E-state index contributed by atoms with van der Waals surface area (Å²) in [6, 6.07) is 7.78. The summed E-state index contributed by atoms with van der Waals surface area (Å²) in [5.74, 6) is 0.0625. The Bertz CT molecular complexity index is 873. The van der Waals surface area contributed by atoms with Crippen molar-refractivity contribution in [3.63, 3.8) is 0 Å². The number of carbonyl (C=O) groups excluding carboxylic acids is 1. The van der Waals surface area contributed by atoms with Crippen LogP contribution >= 0.6 is 0 Å². The van der Waals surface area contributed by atoms with Gasteiger partial charge in [0.15, 0.2) is 0 Å². The number of aryl methyl sites for hydroxylation is 1. The fraction of sp³-hybridized carbons (Fsp3) is 0.235. The van der Waals surface area contributed by atoms with Crippen LogP contribution in [0.2, 0.25) is 0 Å². The van der Waals surface area contributed by atoms with Crippen molar-refractivity contribution in [2.24, 2.45) is 4.99 Å². The van der Waals surface area contributed by atoms with Crippen LogP contribution in [0, 0.1) is 6.92 Å². The van der Waals surface area contributed by atoms with Crippen LogP contribution in [0.1, 0.15) is 18.4 Å². The number of nitrogens with zero attached hydrogens (tertiary/aromatic N) is 3. The monoisotopic (exact) mass is 311 g/mol. The van der Waals surface area contributed by atoms with Gasteiger partial charge in [-0.2, -0.15) is 0 Å². The number of benzene rings is 1. The van der Waals surface area contributed by atoms with Crippen LogP contribution in [0.5, 0.6) is 5.88 Å². The Balaban J connectivity index is 1.92. The molecule has 1 N–H and O–H groups in total. The molecule has 0 amide bonds. The van der Waals surface area contributed by atoms with Gasteiger partial charge in [0.05, 0.1) is 17.7 Å². The lowest BCUT2D eigenvalue weighted by atomic mass is 10.2. The number of fused-ring (bicyclic) bond motifs is 1. The second-order valence-electron chi connectivity index (χ2n) is 5.14. The third-order valence-corrected chi connectivity index (χ3v) is 3.52. The molecule has 118 valence electrons. The smallest absolute Gasteiger partial charge is 0.326 e. The lowest BCUT2D eigenvalue weighted by Crippen LogP contribution is -2.19. The number of imidazole rings is 1. The van der Waals surface area contributed by atoms with Crippen molar-refractivity contribution >= 4 is 18.1 Å². The third-order valence-electron chi connectivity index (χ3n) is 3.52. The molecular weight excluding hydrogens is 294 g/mol. The molecule has 0 saturated heterocycles. The molecule has 0 aliphatic carbocycles. The summed E-state index contributed by atoms with van der Waals surface area (Å²) in [7, 11) is 0. The van der Waals surface area contributed by atoms with Crippen LogP contribution in [0.15, 0.2) is 35.0 Å². The Kier molecular flexibility index (Phi) is 3.97. The van der Waals surface area contributed by atoms with E-state index in [4.69, 9.17) is 4.74 Å². The van der Waals surface area contributed by atoms with Crippen LogP contribution in [0.4, 0.5) is 0 Å². The molecule has 1 aliphatic rings. The van der Waals surface area contributed by atoms with Crippen LogP contribution in [-0.2, 0) is 16.1 Å². The normalized spacial score (nSPS) is 14.3. The van der Waals surface area contributed by atoms with Crippen molar-refractivity contribution < 1.29 is 14.6 Å². The van der Waals surface area contributed by atoms with Crippen molar-refractivity contribution in [3.05, 3.63) is 52.1 Å². The van der Waals surface area contributed by atoms with E-state index in [-0.39, 0.29) is 12.4 Å². The highest BCUT2D eigenvalue weighted by molar-refractivity contribution is 5.71. The first kappa shape index (κ1) is 15.0. The van der Waals surface area contributed by atoms with Gasteiger partial charge in [0.25, 0.3) is 0 Å². The highest BCUT2D eigenvalue weighted by Gasteiger charge is 2.16. The van der Waals surface area contributed by atoms with Gasteiger partial charge in [-0.15, -0.1) is 0 Å². The van der Waals surface area contributed by atoms with Gasteiger partial charge in [0.1, 0.15) is 18.1 Å². The number of esters is 1. The average molecular weight is 311 g/mol. The van der Waals surface area contributed by atoms with Gasteiger partial charge < -0.3 is 9.84 Å². The first-order valence-electron chi connectivity index (χ1n) is 7.37. The number of ether oxygens (including phenoxy) is 1. The van der Waals surface area contributed by atoms with E-state index in [1.54, 1.807) is 19.9 Å². The van der Waals surface area contributed by atoms with E-state index in [9.17, 15) is 9.90 Å². The summed E-state index contributed by atoms with van der Waals surface area (Å²) in [5.41, 5.74) is 1.09. The summed E-state index contributed by atoms with van der Waals surface area (Å²) >= 11 is 0. The molecule has 0 fully saturated rings. The number of allylic oxidation sites excluding steroid dienone is 1. The zero-order chi connectivity index (χ0) is 16.4. The average Bonchev–Trinajstić information content (AvgIpc) is 3.03. The Hall–Kier alpha value is -2.89. The zero-order valence-corrected chi connectivity index (χ0v) is 13.0. The third kappa shape index (κ3) is 3.01. The molecule has 2 aromatic rings. The minimum atomic E-state index is -0.410. The van der Waals surface area contributed by atoms with Crippen molar-refractivity contribution in [2.75, 3.05) is 6.61 Å². The van der Waals surface area contributed by atoms with E-state index in [0.717, 1.165) is 10.6 Å². The van der Waals surface area contributed by atoms with Crippen LogP contribution in [-0.4, -0.2) is 27.2 Å². The molecule has 6 nitrogen and oxygen atoms in total. The largest absolute Gasteiger partial charge is 0.493 e. The molecule has 2 heterocycles. The van der Waals surface area contributed by atoms with Gasteiger partial charge in [-0.05, 0) is 32.1 Å². The topological polar surface area (TPSA) is 76.7 Å². The number of rotatable bonds is 4. The van der Waals surface area contributed by atoms with Crippen LogP contribution in [0.3, 0.4) is 0 Å². The standard InChI is InChI=1S/C17H17N3O3/c1-3-23-16(21)10-20-11(2)18-15(17(20)22)9-13-8-12-6-4-5-7-14(12)19-13/h4-9,22H,3,10H2,1-2H3. The van der Waals surface area contributed by atoms with Crippen molar-refractivity contribution in [1.29, 1.82) is 0 Å². The molecule has 6 heteroatoms. The van der Waals surface area contributed by atoms with Crippen molar-refractivity contribution in [2.45, 2.75) is 20.4 Å². The number of carbonyl (C=O) groups is 1. The maximum absolute atomic E-state index is 11.6. The van der Waals surface area contributed by atoms with Crippen molar-refractivity contribution in [3.8, 4) is 5.88 Å². The van der Waals surface area contributed by atoms with Crippen molar-refractivity contribution in [1.82, 2.24) is 9.55 Å². The van der Waals surface area contributed by atoms with Gasteiger partial charge in [-0.1, -0.05) is 18.2 Å². The van der Waals surface area contributed by atoms with Crippen LogP contribution < -0.4 is 10.6 Å².